The lowest BCUT2D eigenvalue weighted by Gasteiger charge is -2.30. The van der Waals surface area contributed by atoms with Gasteiger partial charge in [-0.2, -0.15) is 0 Å². The molecule has 0 spiro atoms. The van der Waals surface area contributed by atoms with E-state index in [0.717, 1.165) is 31.2 Å². The van der Waals surface area contributed by atoms with Crippen molar-refractivity contribution in [3.05, 3.63) is 58.6 Å². The third-order valence-electron chi connectivity index (χ3n) is 4.94. The molecule has 5 nitrogen and oxygen atoms in total. The fourth-order valence-corrected chi connectivity index (χ4v) is 5.29. The largest absolute Gasteiger partial charge is 0.350 e. The summed E-state index contributed by atoms with van der Waals surface area (Å²) in [6, 6.07) is 11.8. The predicted octanol–water partition coefficient (Wildman–Crippen LogP) is 4.40. The van der Waals surface area contributed by atoms with Gasteiger partial charge in [-0.25, -0.2) is 8.42 Å². The summed E-state index contributed by atoms with van der Waals surface area (Å²) in [5.74, 6) is -0.359. The van der Waals surface area contributed by atoms with Crippen LogP contribution in [0.4, 0.5) is 5.69 Å². The van der Waals surface area contributed by atoms with E-state index in [1.807, 2.05) is 38.1 Å². The number of halogens is 1. The molecule has 7 heteroatoms. The summed E-state index contributed by atoms with van der Waals surface area (Å²) >= 11 is 6.20. The SMILES string of the molecule is CCCC(C)NC(=O)c1cc(S(=O)(=O)N2CCCc3ccccc32)ccc1Cl. The van der Waals surface area contributed by atoms with Crippen molar-refractivity contribution in [2.24, 2.45) is 0 Å². The van der Waals surface area contributed by atoms with Crippen molar-refractivity contribution in [2.45, 2.75) is 50.5 Å². The van der Waals surface area contributed by atoms with Crippen molar-refractivity contribution in [1.29, 1.82) is 0 Å². The molecule has 0 aromatic heterocycles. The van der Waals surface area contributed by atoms with Gasteiger partial charge in [0.25, 0.3) is 15.9 Å². The van der Waals surface area contributed by atoms with E-state index in [1.165, 1.54) is 22.5 Å². The van der Waals surface area contributed by atoms with Crippen LogP contribution in [0, 0.1) is 0 Å². The molecule has 0 aliphatic carbocycles. The highest BCUT2D eigenvalue weighted by Gasteiger charge is 2.30. The van der Waals surface area contributed by atoms with Crippen LogP contribution in [0.5, 0.6) is 0 Å². The van der Waals surface area contributed by atoms with E-state index in [1.54, 1.807) is 0 Å². The van der Waals surface area contributed by atoms with Crippen molar-refractivity contribution >= 4 is 33.2 Å². The van der Waals surface area contributed by atoms with Crippen molar-refractivity contribution in [1.82, 2.24) is 5.32 Å². The Morgan fingerprint density at radius 1 is 1.25 bits per heavy atom. The fraction of sp³-hybridized carbons (Fsp3) is 0.381. The number of carbonyl (C=O) groups excluding carboxylic acids is 1. The molecule has 0 saturated carbocycles. The summed E-state index contributed by atoms with van der Waals surface area (Å²) in [6.07, 6.45) is 3.39. The van der Waals surface area contributed by atoms with Crippen molar-refractivity contribution in [2.75, 3.05) is 10.8 Å². The van der Waals surface area contributed by atoms with Crippen LogP contribution < -0.4 is 9.62 Å². The van der Waals surface area contributed by atoms with Gasteiger partial charge in [-0.15, -0.1) is 0 Å². The van der Waals surface area contributed by atoms with Crippen LogP contribution in [0.15, 0.2) is 47.4 Å². The zero-order valence-corrected chi connectivity index (χ0v) is 17.7. The quantitative estimate of drug-likeness (QED) is 0.753. The minimum absolute atomic E-state index is 0.0113. The summed E-state index contributed by atoms with van der Waals surface area (Å²) in [6.45, 7) is 4.37. The Bertz CT molecular complexity index is 975. The Kier molecular flexibility index (Phi) is 6.30. The fourth-order valence-electron chi connectivity index (χ4n) is 3.52. The van der Waals surface area contributed by atoms with Gasteiger partial charge >= 0.3 is 0 Å². The minimum atomic E-state index is -3.79. The highest BCUT2D eigenvalue weighted by molar-refractivity contribution is 7.92. The molecule has 0 bridgehead atoms. The zero-order valence-electron chi connectivity index (χ0n) is 16.1. The van der Waals surface area contributed by atoms with Gasteiger partial charge in [0.15, 0.2) is 0 Å². The van der Waals surface area contributed by atoms with Gasteiger partial charge in [0.05, 0.1) is 21.2 Å². The van der Waals surface area contributed by atoms with E-state index in [2.05, 4.69) is 5.32 Å². The Hall–Kier alpha value is -2.05. The molecule has 0 fully saturated rings. The molecule has 1 heterocycles. The number of hydrogen-bond acceptors (Lipinski definition) is 3. The first-order chi connectivity index (χ1) is 13.3. The first-order valence-corrected chi connectivity index (χ1v) is 11.4. The summed E-state index contributed by atoms with van der Waals surface area (Å²) in [7, 11) is -3.79. The van der Waals surface area contributed by atoms with Crippen molar-refractivity contribution in [3.8, 4) is 0 Å². The Balaban J connectivity index is 1.95. The monoisotopic (exact) mass is 420 g/mol. The number of anilines is 1. The molecule has 2 aromatic carbocycles. The number of nitrogens with one attached hydrogen (secondary N) is 1. The number of hydrogen-bond donors (Lipinski definition) is 1. The second-order valence-corrected chi connectivity index (χ2v) is 9.38. The summed E-state index contributed by atoms with van der Waals surface area (Å²) in [4.78, 5) is 12.7. The van der Waals surface area contributed by atoms with Crippen LogP contribution >= 0.6 is 11.6 Å². The smallest absolute Gasteiger partial charge is 0.264 e. The molecule has 1 amide bonds. The summed E-state index contributed by atoms with van der Waals surface area (Å²) in [5.41, 5.74) is 1.89. The molecule has 0 saturated heterocycles. The molecule has 1 N–H and O–H groups in total. The van der Waals surface area contributed by atoms with Gasteiger partial charge in [0.1, 0.15) is 0 Å². The number of nitrogens with zero attached hydrogens (tertiary/aromatic N) is 1. The lowest BCUT2D eigenvalue weighted by atomic mass is 10.0. The molecular formula is C21H25ClN2O3S. The topological polar surface area (TPSA) is 66.5 Å². The number of fused-ring (bicyclic) bond motifs is 1. The number of para-hydroxylation sites is 1. The molecule has 0 radical (unpaired) electrons. The number of aryl methyl sites for hydroxylation is 1. The second-order valence-electron chi connectivity index (χ2n) is 7.11. The van der Waals surface area contributed by atoms with Crippen LogP contribution in [0.1, 0.15) is 49.0 Å². The van der Waals surface area contributed by atoms with Gasteiger partial charge < -0.3 is 5.32 Å². The van der Waals surface area contributed by atoms with E-state index < -0.39 is 10.0 Å². The van der Waals surface area contributed by atoms with Crippen LogP contribution in [0.25, 0.3) is 0 Å². The Labute approximate surface area is 171 Å². The maximum atomic E-state index is 13.3. The molecule has 150 valence electrons. The Morgan fingerprint density at radius 3 is 2.75 bits per heavy atom. The lowest BCUT2D eigenvalue weighted by Crippen LogP contribution is -2.36. The molecule has 3 rings (SSSR count). The van der Waals surface area contributed by atoms with Crippen LogP contribution in [0.2, 0.25) is 5.02 Å². The summed E-state index contributed by atoms with van der Waals surface area (Å²) < 4.78 is 28.1. The van der Waals surface area contributed by atoms with Crippen molar-refractivity contribution < 1.29 is 13.2 Å². The van der Waals surface area contributed by atoms with E-state index in [-0.39, 0.29) is 27.4 Å². The molecular weight excluding hydrogens is 396 g/mol. The third-order valence-corrected chi connectivity index (χ3v) is 7.08. The van der Waals surface area contributed by atoms with Gasteiger partial charge in [0.2, 0.25) is 0 Å². The van der Waals surface area contributed by atoms with Crippen molar-refractivity contribution in [3.63, 3.8) is 0 Å². The van der Waals surface area contributed by atoms with Crippen LogP contribution in [0.3, 0.4) is 0 Å². The number of carbonyl (C=O) groups is 1. The maximum Gasteiger partial charge on any atom is 0.264 e. The number of sulfonamides is 1. The summed E-state index contributed by atoms with van der Waals surface area (Å²) in [5, 5.41) is 3.12. The molecule has 1 aliphatic heterocycles. The average molecular weight is 421 g/mol. The number of amides is 1. The molecule has 1 unspecified atom stereocenters. The average Bonchev–Trinajstić information content (AvgIpc) is 2.67. The van der Waals surface area contributed by atoms with Gasteiger partial charge in [-0.05, 0) is 56.0 Å². The van der Waals surface area contributed by atoms with E-state index in [4.69, 9.17) is 11.6 Å². The standard InChI is InChI=1S/C21H25ClN2O3S/c1-3-7-15(2)23-21(25)18-14-17(11-12-19(18)22)28(26,27)24-13-6-9-16-8-4-5-10-20(16)24/h4-5,8,10-12,14-15H,3,6-7,9,13H2,1-2H3,(H,23,25). The molecule has 1 aliphatic rings. The van der Waals surface area contributed by atoms with Crippen LogP contribution in [-0.4, -0.2) is 26.9 Å². The van der Waals surface area contributed by atoms with E-state index in [9.17, 15) is 13.2 Å². The second kappa shape index (κ2) is 8.53. The number of rotatable bonds is 6. The van der Waals surface area contributed by atoms with Gasteiger partial charge in [0, 0.05) is 12.6 Å². The lowest BCUT2D eigenvalue weighted by molar-refractivity contribution is 0.0938. The van der Waals surface area contributed by atoms with Gasteiger partial charge in [-0.3, -0.25) is 9.10 Å². The first-order valence-electron chi connectivity index (χ1n) is 9.55. The highest BCUT2D eigenvalue weighted by atomic mass is 35.5. The molecule has 1 atom stereocenters. The maximum absolute atomic E-state index is 13.3. The first kappa shape index (κ1) is 20.7. The third kappa shape index (κ3) is 4.18. The van der Waals surface area contributed by atoms with E-state index in [0.29, 0.717) is 12.2 Å². The molecule has 2 aromatic rings. The minimum Gasteiger partial charge on any atom is -0.350 e. The van der Waals surface area contributed by atoms with Crippen LogP contribution in [-0.2, 0) is 16.4 Å². The highest BCUT2D eigenvalue weighted by Crippen LogP contribution is 2.32. The zero-order chi connectivity index (χ0) is 20.3. The predicted molar refractivity (Wildman–Crippen MR) is 113 cm³/mol. The Morgan fingerprint density at radius 2 is 2.00 bits per heavy atom. The number of benzene rings is 2. The van der Waals surface area contributed by atoms with Gasteiger partial charge in [-0.1, -0.05) is 43.1 Å². The molecule has 28 heavy (non-hydrogen) atoms. The normalized spacial score (nSPS) is 15.0. The van der Waals surface area contributed by atoms with E-state index >= 15 is 0 Å².